The van der Waals surface area contributed by atoms with E-state index in [-0.39, 0.29) is 18.1 Å². The van der Waals surface area contributed by atoms with Crippen LogP contribution in [0, 0.1) is 5.82 Å². The first-order valence-electron chi connectivity index (χ1n) is 8.65. The van der Waals surface area contributed by atoms with E-state index < -0.39 is 5.82 Å². The number of nitrogen functional groups attached to an aromatic ring is 1. The van der Waals surface area contributed by atoms with Crippen molar-refractivity contribution in [3.8, 4) is 0 Å². The molecule has 0 saturated heterocycles. The van der Waals surface area contributed by atoms with Crippen LogP contribution in [0.3, 0.4) is 0 Å². The number of aldehydes is 1. The van der Waals surface area contributed by atoms with Crippen LogP contribution in [0.4, 0.5) is 10.2 Å². The summed E-state index contributed by atoms with van der Waals surface area (Å²) in [7, 11) is 1.78. The van der Waals surface area contributed by atoms with Gasteiger partial charge in [-0.2, -0.15) is 10.2 Å². The van der Waals surface area contributed by atoms with Gasteiger partial charge in [-0.3, -0.25) is 9.89 Å². The zero-order valence-electron chi connectivity index (χ0n) is 15.4. The number of hydrogen-bond acceptors (Lipinski definition) is 8. The third-order valence-electron chi connectivity index (χ3n) is 4.34. The molecule has 4 heterocycles. The third kappa shape index (κ3) is 3.72. The Morgan fingerprint density at radius 2 is 2.24 bits per heavy atom. The molecule has 9 nitrogen and oxygen atoms in total. The van der Waals surface area contributed by atoms with Gasteiger partial charge in [-0.25, -0.2) is 14.4 Å². The maximum atomic E-state index is 13.7. The second-order valence-electron chi connectivity index (χ2n) is 6.25. The number of aromatic nitrogens is 5. The molecular formula is C18H17FN8OS. The average Bonchev–Trinajstić information content (AvgIpc) is 3.41. The molecule has 4 aromatic rings. The van der Waals surface area contributed by atoms with Crippen molar-refractivity contribution in [2.24, 2.45) is 12.1 Å². The van der Waals surface area contributed by atoms with Gasteiger partial charge in [0.1, 0.15) is 16.6 Å². The number of nitrogens with two attached hydrogens (primary N) is 1. The molecule has 148 valence electrons. The van der Waals surface area contributed by atoms with E-state index in [0.717, 1.165) is 21.7 Å². The van der Waals surface area contributed by atoms with Crippen molar-refractivity contribution in [2.45, 2.75) is 13.0 Å². The van der Waals surface area contributed by atoms with E-state index >= 15 is 0 Å². The van der Waals surface area contributed by atoms with Crippen LogP contribution in [0.5, 0.6) is 0 Å². The van der Waals surface area contributed by atoms with Crippen molar-refractivity contribution in [3.63, 3.8) is 0 Å². The number of thiazole rings is 1. The normalized spacial score (nSPS) is 11.5. The smallest absolute Gasteiger partial charge is 0.167 e. The molecule has 0 amide bonds. The Morgan fingerprint density at radius 3 is 3.00 bits per heavy atom. The predicted octanol–water partition coefficient (Wildman–Crippen LogP) is 2.00. The Kier molecular flexibility index (Phi) is 5.04. The maximum Gasteiger partial charge on any atom is 0.167 e. The minimum absolute atomic E-state index is 0.0630. The van der Waals surface area contributed by atoms with E-state index in [1.54, 1.807) is 17.8 Å². The number of pyridine rings is 1. The van der Waals surface area contributed by atoms with Crippen molar-refractivity contribution >= 4 is 40.0 Å². The first-order chi connectivity index (χ1) is 14.1. The Morgan fingerprint density at radius 1 is 1.38 bits per heavy atom. The van der Waals surface area contributed by atoms with Gasteiger partial charge in [0.2, 0.25) is 0 Å². The first kappa shape index (κ1) is 18.7. The molecule has 0 fully saturated rings. The maximum absolute atomic E-state index is 13.7. The fourth-order valence-electron chi connectivity index (χ4n) is 2.91. The van der Waals surface area contributed by atoms with E-state index in [1.165, 1.54) is 29.7 Å². The molecule has 0 saturated carbocycles. The van der Waals surface area contributed by atoms with Gasteiger partial charge in [-0.05, 0) is 18.2 Å². The lowest BCUT2D eigenvalue weighted by Crippen LogP contribution is -2.10. The van der Waals surface area contributed by atoms with Crippen molar-refractivity contribution < 1.29 is 9.18 Å². The summed E-state index contributed by atoms with van der Waals surface area (Å²) >= 11 is 1.48. The van der Waals surface area contributed by atoms with Crippen molar-refractivity contribution in [3.05, 3.63) is 57.9 Å². The fraction of sp³-hybridized carbons (Fsp3) is 0.167. The molecule has 0 aliphatic rings. The molecule has 0 aliphatic heterocycles. The minimum Gasteiger partial charge on any atom is -0.384 e. The van der Waals surface area contributed by atoms with Crippen molar-refractivity contribution in [1.29, 1.82) is 0 Å². The van der Waals surface area contributed by atoms with Crippen molar-refractivity contribution in [1.82, 2.24) is 30.2 Å². The zero-order chi connectivity index (χ0) is 20.4. The summed E-state index contributed by atoms with van der Waals surface area (Å²) in [5.41, 5.74) is 11.3. The summed E-state index contributed by atoms with van der Waals surface area (Å²) in [6.45, 7) is 0.0630. The molecule has 0 spiro atoms. The Labute approximate surface area is 168 Å². The van der Waals surface area contributed by atoms with Gasteiger partial charge < -0.3 is 15.7 Å². The monoisotopic (exact) mass is 412 g/mol. The topological polar surface area (TPSA) is 127 Å². The second kappa shape index (κ2) is 7.80. The molecule has 4 rings (SSSR count). The fourth-order valence-corrected chi connectivity index (χ4v) is 4.05. The number of hydrogen-bond donors (Lipinski definition) is 3. The van der Waals surface area contributed by atoms with Crippen molar-refractivity contribution in [2.75, 3.05) is 5.73 Å². The van der Waals surface area contributed by atoms with Gasteiger partial charge in [0, 0.05) is 30.9 Å². The number of halogens is 1. The quantitative estimate of drug-likeness (QED) is 0.242. The zero-order valence-corrected chi connectivity index (χ0v) is 16.2. The van der Waals surface area contributed by atoms with E-state index in [2.05, 4.69) is 30.7 Å². The van der Waals surface area contributed by atoms with Gasteiger partial charge >= 0.3 is 0 Å². The number of nitrogens with zero attached hydrogens (tertiary/aromatic N) is 5. The van der Waals surface area contributed by atoms with Crippen LogP contribution in [0.25, 0.3) is 10.3 Å². The number of H-pyrrole nitrogens is 1. The lowest BCUT2D eigenvalue weighted by atomic mass is 10.3. The van der Waals surface area contributed by atoms with Crippen LogP contribution in [0.2, 0.25) is 0 Å². The molecule has 0 bridgehead atoms. The number of carbonyl (C=O) groups is 1. The van der Waals surface area contributed by atoms with Gasteiger partial charge in [0.05, 0.1) is 28.8 Å². The van der Waals surface area contributed by atoms with Crippen LogP contribution in [0.15, 0.2) is 29.5 Å². The Bertz CT molecular complexity index is 1190. The van der Waals surface area contributed by atoms with E-state index in [1.807, 2.05) is 6.07 Å². The molecule has 11 heteroatoms. The Hall–Kier alpha value is -3.60. The number of aryl methyl sites for hydroxylation is 1. The second-order valence-corrected chi connectivity index (χ2v) is 7.34. The molecule has 4 N–H and O–H groups in total. The van der Waals surface area contributed by atoms with Crippen LogP contribution in [-0.2, 0) is 20.0 Å². The molecule has 0 aliphatic carbocycles. The number of fused-ring (bicyclic) bond motifs is 1. The lowest BCUT2D eigenvalue weighted by Gasteiger charge is -2.03. The standard InChI is InChI=1S/C18H17FN8OS/c1-27-14(9-28)11(7-22-23-8-13-12(19)2-3-15(20)24-13)17-18(27)25-16(29-17)6-10-4-5-21-26-10/h2-5,7,9,23H,6,8H2,1H3,(H2,20,24)(H,21,26)/b22-7-. The third-order valence-corrected chi connectivity index (χ3v) is 5.41. The minimum atomic E-state index is -0.469. The van der Waals surface area contributed by atoms with E-state index in [9.17, 15) is 9.18 Å². The molecule has 0 radical (unpaired) electrons. The molecule has 0 aromatic carbocycles. The summed E-state index contributed by atoms with van der Waals surface area (Å²) in [6.07, 6.45) is 4.61. The van der Waals surface area contributed by atoms with Crippen LogP contribution >= 0.6 is 11.3 Å². The van der Waals surface area contributed by atoms with Gasteiger partial charge in [0.25, 0.3) is 0 Å². The molecule has 0 atom stereocenters. The molecular weight excluding hydrogens is 395 g/mol. The molecule has 0 unspecified atom stereocenters. The molecule has 4 aromatic heterocycles. The number of nitrogens with one attached hydrogen (secondary N) is 2. The highest BCUT2D eigenvalue weighted by atomic mass is 32.1. The summed E-state index contributed by atoms with van der Waals surface area (Å²) in [6, 6.07) is 4.54. The largest absolute Gasteiger partial charge is 0.384 e. The van der Waals surface area contributed by atoms with Crippen LogP contribution < -0.4 is 11.2 Å². The first-order valence-corrected chi connectivity index (χ1v) is 9.46. The number of rotatable bonds is 7. The lowest BCUT2D eigenvalue weighted by molar-refractivity contribution is 0.111. The summed E-state index contributed by atoms with van der Waals surface area (Å²) in [4.78, 5) is 20.1. The van der Waals surface area contributed by atoms with Gasteiger partial charge in [-0.15, -0.1) is 11.3 Å². The van der Waals surface area contributed by atoms with Crippen LogP contribution in [-0.4, -0.2) is 37.2 Å². The highest BCUT2D eigenvalue weighted by molar-refractivity contribution is 7.19. The number of aromatic amines is 1. The number of hydrazone groups is 1. The highest BCUT2D eigenvalue weighted by Gasteiger charge is 2.18. The average molecular weight is 412 g/mol. The van der Waals surface area contributed by atoms with E-state index in [4.69, 9.17) is 5.73 Å². The Balaban J connectivity index is 1.58. The predicted molar refractivity (Wildman–Crippen MR) is 108 cm³/mol. The molecule has 29 heavy (non-hydrogen) atoms. The number of anilines is 1. The number of carbonyl (C=O) groups excluding carboxylic acids is 1. The summed E-state index contributed by atoms with van der Waals surface area (Å²) in [5, 5.41) is 11.9. The highest BCUT2D eigenvalue weighted by Crippen LogP contribution is 2.30. The van der Waals surface area contributed by atoms with Gasteiger partial charge in [-0.1, -0.05) is 0 Å². The summed E-state index contributed by atoms with van der Waals surface area (Å²) < 4.78 is 16.3. The van der Waals surface area contributed by atoms with E-state index in [0.29, 0.717) is 23.3 Å². The SMILES string of the molecule is Cn1c(C=O)c(/C=N\NCc2nc(N)ccc2F)c2sc(Cc3ccn[nH]3)nc21. The van der Waals surface area contributed by atoms with Gasteiger partial charge in [0.15, 0.2) is 11.9 Å². The summed E-state index contributed by atoms with van der Waals surface area (Å²) in [5.74, 6) is -0.238. The van der Waals surface area contributed by atoms with Crippen LogP contribution in [0.1, 0.15) is 32.4 Å².